The lowest BCUT2D eigenvalue weighted by atomic mass is 10.2. The molecular formula is C11H21N3O5S. The van der Waals surface area contributed by atoms with Gasteiger partial charge in [0.2, 0.25) is 15.9 Å². The molecule has 0 aromatic carbocycles. The molecule has 0 aromatic rings. The monoisotopic (exact) mass is 307 g/mol. The molecule has 0 aliphatic carbocycles. The Morgan fingerprint density at radius 1 is 1.25 bits per heavy atom. The number of nitrogens with zero attached hydrogens (tertiary/aromatic N) is 2. The summed E-state index contributed by atoms with van der Waals surface area (Å²) in [7, 11) is -1.91. The SMILES string of the molecule is COC(=O)C(CN1CCN(S(C)(=O)=O)CC1)NC(C)=O. The fraction of sp³-hybridized carbons (Fsp3) is 0.818. The molecule has 0 aromatic heterocycles. The van der Waals surface area contributed by atoms with Gasteiger partial charge in [-0.3, -0.25) is 9.69 Å². The van der Waals surface area contributed by atoms with Crippen molar-refractivity contribution >= 4 is 21.9 Å². The first kappa shape index (κ1) is 16.9. The summed E-state index contributed by atoms with van der Waals surface area (Å²) in [5.74, 6) is -0.819. The van der Waals surface area contributed by atoms with E-state index in [1.807, 2.05) is 4.90 Å². The summed E-state index contributed by atoms with van der Waals surface area (Å²) in [4.78, 5) is 24.6. The average Bonchev–Trinajstić information content (AvgIpc) is 2.36. The van der Waals surface area contributed by atoms with Gasteiger partial charge in [0, 0.05) is 39.6 Å². The number of hydrogen-bond acceptors (Lipinski definition) is 6. The van der Waals surface area contributed by atoms with Crippen LogP contribution in [0.3, 0.4) is 0 Å². The van der Waals surface area contributed by atoms with Crippen molar-refractivity contribution in [2.45, 2.75) is 13.0 Å². The van der Waals surface area contributed by atoms with Crippen LogP contribution in [0.5, 0.6) is 0 Å². The Bertz CT molecular complexity index is 457. The van der Waals surface area contributed by atoms with E-state index >= 15 is 0 Å². The number of esters is 1. The molecule has 0 saturated carbocycles. The Hall–Kier alpha value is -1.19. The Morgan fingerprint density at radius 3 is 2.20 bits per heavy atom. The van der Waals surface area contributed by atoms with Crippen molar-refractivity contribution in [1.82, 2.24) is 14.5 Å². The third-order valence-electron chi connectivity index (χ3n) is 3.10. The highest BCUT2D eigenvalue weighted by molar-refractivity contribution is 7.88. The van der Waals surface area contributed by atoms with E-state index in [1.165, 1.54) is 24.6 Å². The Labute approximate surface area is 119 Å². The second-order valence-electron chi connectivity index (χ2n) is 4.74. The molecule has 1 N–H and O–H groups in total. The summed E-state index contributed by atoms with van der Waals surface area (Å²) in [5, 5.41) is 2.53. The van der Waals surface area contributed by atoms with E-state index in [-0.39, 0.29) is 5.91 Å². The number of carbonyl (C=O) groups is 2. The number of nitrogens with one attached hydrogen (secondary N) is 1. The highest BCUT2D eigenvalue weighted by atomic mass is 32.2. The molecule has 1 aliphatic heterocycles. The van der Waals surface area contributed by atoms with Crippen molar-refractivity contribution in [2.75, 3.05) is 46.1 Å². The predicted molar refractivity (Wildman–Crippen MR) is 72.5 cm³/mol. The summed E-state index contributed by atoms with van der Waals surface area (Å²) in [6, 6.07) is -0.734. The second-order valence-corrected chi connectivity index (χ2v) is 6.72. The van der Waals surface area contributed by atoms with Gasteiger partial charge >= 0.3 is 5.97 Å². The zero-order valence-electron chi connectivity index (χ0n) is 12.0. The van der Waals surface area contributed by atoms with Gasteiger partial charge in [-0.1, -0.05) is 0 Å². The second kappa shape index (κ2) is 7.00. The number of carbonyl (C=O) groups excluding carboxylic acids is 2. The van der Waals surface area contributed by atoms with Crippen LogP contribution in [-0.2, 0) is 24.3 Å². The molecule has 116 valence electrons. The lowest BCUT2D eigenvalue weighted by molar-refractivity contribution is -0.145. The summed E-state index contributed by atoms with van der Waals surface area (Å²) in [6.07, 6.45) is 1.18. The average molecular weight is 307 g/mol. The number of ether oxygens (including phenoxy) is 1. The van der Waals surface area contributed by atoms with E-state index in [2.05, 4.69) is 10.1 Å². The normalized spacial score (nSPS) is 19.4. The molecule has 1 rings (SSSR count). The molecule has 20 heavy (non-hydrogen) atoms. The Kier molecular flexibility index (Phi) is 5.90. The van der Waals surface area contributed by atoms with Gasteiger partial charge in [0.15, 0.2) is 0 Å². The summed E-state index contributed by atoms with van der Waals surface area (Å²) < 4.78 is 28.8. The zero-order chi connectivity index (χ0) is 15.3. The van der Waals surface area contributed by atoms with Crippen LogP contribution in [0.15, 0.2) is 0 Å². The highest BCUT2D eigenvalue weighted by Crippen LogP contribution is 2.07. The van der Waals surface area contributed by atoms with E-state index < -0.39 is 22.0 Å². The van der Waals surface area contributed by atoms with Crippen LogP contribution in [0.25, 0.3) is 0 Å². The molecule has 9 heteroatoms. The third kappa shape index (κ3) is 5.06. The summed E-state index contributed by atoms with van der Waals surface area (Å²) in [6.45, 7) is 3.43. The number of piperazine rings is 1. The van der Waals surface area contributed by atoms with Crippen LogP contribution in [-0.4, -0.2) is 81.6 Å². The lowest BCUT2D eigenvalue weighted by Gasteiger charge is -2.34. The van der Waals surface area contributed by atoms with Crippen LogP contribution in [0, 0.1) is 0 Å². The number of sulfonamides is 1. The van der Waals surface area contributed by atoms with Gasteiger partial charge < -0.3 is 10.1 Å². The molecule has 1 atom stereocenters. The van der Waals surface area contributed by atoms with E-state index in [4.69, 9.17) is 0 Å². The van der Waals surface area contributed by atoms with Gasteiger partial charge in [0.25, 0.3) is 0 Å². The molecule has 1 unspecified atom stereocenters. The van der Waals surface area contributed by atoms with Gasteiger partial charge in [-0.25, -0.2) is 13.2 Å². The number of amides is 1. The van der Waals surface area contributed by atoms with Gasteiger partial charge in [-0.15, -0.1) is 0 Å². The van der Waals surface area contributed by atoms with Crippen molar-refractivity contribution in [1.29, 1.82) is 0 Å². The number of methoxy groups -OCH3 is 1. The van der Waals surface area contributed by atoms with Crippen molar-refractivity contribution in [3.8, 4) is 0 Å². The first-order chi connectivity index (χ1) is 9.24. The van der Waals surface area contributed by atoms with E-state index in [1.54, 1.807) is 0 Å². The first-order valence-corrected chi connectivity index (χ1v) is 8.11. The van der Waals surface area contributed by atoms with Gasteiger partial charge in [-0.05, 0) is 0 Å². The molecule has 1 fully saturated rings. The molecule has 0 radical (unpaired) electrons. The quantitative estimate of drug-likeness (QED) is 0.605. The minimum Gasteiger partial charge on any atom is -0.467 e. The lowest BCUT2D eigenvalue weighted by Crippen LogP contribution is -2.54. The van der Waals surface area contributed by atoms with E-state index in [0.717, 1.165) is 0 Å². The van der Waals surface area contributed by atoms with Crippen molar-refractivity contribution in [3.63, 3.8) is 0 Å². The van der Waals surface area contributed by atoms with E-state index in [0.29, 0.717) is 32.7 Å². The minimum absolute atomic E-state index is 0.309. The van der Waals surface area contributed by atoms with Crippen molar-refractivity contribution < 1.29 is 22.7 Å². The van der Waals surface area contributed by atoms with Crippen LogP contribution < -0.4 is 5.32 Å². The summed E-state index contributed by atoms with van der Waals surface area (Å²) >= 11 is 0. The van der Waals surface area contributed by atoms with Gasteiger partial charge in [0.05, 0.1) is 13.4 Å². The van der Waals surface area contributed by atoms with Crippen molar-refractivity contribution in [2.24, 2.45) is 0 Å². The smallest absolute Gasteiger partial charge is 0.329 e. The molecule has 0 spiro atoms. The number of hydrogen-bond donors (Lipinski definition) is 1. The topological polar surface area (TPSA) is 96.0 Å². The molecular weight excluding hydrogens is 286 g/mol. The van der Waals surface area contributed by atoms with Crippen LogP contribution in [0.1, 0.15) is 6.92 Å². The van der Waals surface area contributed by atoms with Crippen molar-refractivity contribution in [3.05, 3.63) is 0 Å². The predicted octanol–water partition coefficient (Wildman–Crippen LogP) is -1.76. The Morgan fingerprint density at radius 2 is 1.80 bits per heavy atom. The molecule has 1 heterocycles. The Balaban J connectivity index is 2.55. The standard InChI is InChI=1S/C11H21N3O5S/c1-9(15)12-10(11(16)19-2)8-13-4-6-14(7-5-13)20(3,17)18/h10H,4-8H2,1-3H3,(H,12,15). The fourth-order valence-corrected chi connectivity index (χ4v) is 2.90. The summed E-state index contributed by atoms with van der Waals surface area (Å²) in [5.41, 5.74) is 0. The maximum Gasteiger partial charge on any atom is 0.329 e. The van der Waals surface area contributed by atoms with Crippen LogP contribution in [0.2, 0.25) is 0 Å². The van der Waals surface area contributed by atoms with Gasteiger partial charge in [0.1, 0.15) is 6.04 Å². The van der Waals surface area contributed by atoms with Crippen LogP contribution in [0.4, 0.5) is 0 Å². The maximum atomic E-state index is 11.6. The molecule has 1 saturated heterocycles. The minimum atomic E-state index is -3.17. The maximum absolute atomic E-state index is 11.6. The zero-order valence-corrected chi connectivity index (χ0v) is 12.8. The molecule has 1 aliphatic rings. The molecule has 1 amide bonds. The van der Waals surface area contributed by atoms with Gasteiger partial charge in [-0.2, -0.15) is 4.31 Å². The first-order valence-electron chi connectivity index (χ1n) is 6.26. The molecule has 8 nitrogen and oxygen atoms in total. The third-order valence-corrected chi connectivity index (χ3v) is 4.41. The highest BCUT2D eigenvalue weighted by Gasteiger charge is 2.28. The van der Waals surface area contributed by atoms with Crippen LogP contribution >= 0.6 is 0 Å². The number of rotatable bonds is 5. The largest absolute Gasteiger partial charge is 0.467 e. The fourth-order valence-electron chi connectivity index (χ4n) is 2.07. The molecule has 0 bridgehead atoms. The van der Waals surface area contributed by atoms with E-state index in [9.17, 15) is 18.0 Å².